The molecule has 1 aromatic rings. The Morgan fingerprint density at radius 3 is 2.44 bits per heavy atom. The second-order valence-corrected chi connectivity index (χ2v) is 6.93. The molecule has 1 N–H and O–H groups in total. The summed E-state index contributed by atoms with van der Waals surface area (Å²) < 4.78 is 0. The predicted molar refractivity (Wildman–Crippen MR) is 74.2 cm³/mol. The molecule has 1 aromatic heterocycles. The summed E-state index contributed by atoms with van der Waals surface area (Å²) in [6.07, 6.45) is 0.750. The van der Waals surface area contributed by atoms with Gasteiger partial charge in [0.15, 0.2) is 0 Å². The molecule has 0 aromatic carbocycles. The van der Waals surface area contributed by atoms with E-state index in [1.165, 1.54) is 0 Å². The molecule has 0 saturated carbocycles. The molecule has 0 atom stereocenters. The molecule has 18 heavy (non-hydrogen) atoms. The Balaban J connectivity index is 2.97. The number of carbonyl (C=O) groups is 1. The van der Waals surface area contributed by atoms with Crippen LogP contribution in [-0.4, -0.2) is 35.1 Å². The van der Waals surface area contributed by atoms with E-state index in [1.807, 2.05) is 14.1 Å². The van der Waals surface area contributed by atoms with Crippen molar-refractivity contribution in [3.63, 3.8) is 0 Å². The van der Waals surface area contributed by atoms with E-state index in [2.05, 4.69) is 30.7 Å². The lowest BCUT2D eigenvalue weighted by Crippen LogP contribution is -2.15. The van der Waals surface area contributed by atoms with Crippen LogP contribution in [0.15, 0.2) is 0 Å². The summed E-state index contributed by atoms with van der Waals surface area (Å²) in [4.78, 5) is 18.6. The third kappa shape index (κ3) is 4.38. The molecule has 1 rings (SSSR count). The zero-order chi connectivity index (χ0) is 13.9. The highest BCUT2D eigenvalue weighted by Gasteiger charge is 2.23. The third-order valence-corrected chi connectivity index (χ3v) is 3.57. The smallest absolute Gasteiger partial charge is 0.303 e. The highest BCUT2D eigenvalue weighted by Crippen LogP contribution is 2.30. The molecule has 5 heteroatoms. The van der Waals surface area contributed by atoms with E-state index < -0.39 is 5.97 Å². The summed E-state index contributed by atoms with van der Waals surface area (Å²) in [5.41, 5.74) is 1.01. The molecule has 0 radical (unpaired) electrons. The molecule has 0 bridgehead atoms. The van der Waals surface area contributed by atoms with Crippen LogP contribution in [0.4, 0.5) is 0 Å². The minimum Gasteiger partial charge on any atom is -0.481 e. The Hall–Kier alpha value is -0.940. The lowest BCUT2D eigenvalue weighted by atomic mass is 9.90. The van der Waals surface area contributed by atoms with Crippen LogP contribution in [0.2, 0.25) is 0 Å². The van der Waals surface area contributed by atoms with Crippen LogP contribution in [-0.2, 0) is 23.2 Å². The first-order valence-corrected chi connectivity index (χ1v) is 6.87. The minimum atomic E-state index is -0.752. The van der Waals surface area contributed by atoms with Gasteiger partial charge in [-0.05, 0) is 20.5 Å². The first kappa shape index (κ1) is 15.1. The SMILES string of the molecule is CN(C)Cc1nc(C(C)(C)C)c(CCC(=O)O)s1. The fourth-order valence-electron chi connectivity index (χ4n) is 1.71. The molecule has 0 aliphatic rings. The first-order chi connectivity index (χ1) is 8.20. The van der Waals surface area contributed by atoms with Gasteiger partial charge in [0, 0.05) is 16.8 Å². The van der Waals surface area contributed by atoms with Crippen LogP contribution in [0.3, 0.4) is 0 Å². The van der Waals surface area contributed by atoms with Gasteiger partial charge in [-0.25, -0.2) is 4.98 Å². The normalized spacial score (nSPS) is 12.1. The highest BCUT2D eigenvalue weighted by molar-refractivity contribution is 7.11. The van der Waals surface area contributed by atoms with E-state index in [4.69, 9.17) is 5.11 Å². The Labute approximate surface area is 113 Å². The molecular formula is C13H22N2O2S. The Kier molecular flexibility index (Phi) is 4.87. The van der Waals surface area contributed by atoms with Gasteiger partial charge in [-0.1, -0.05) is 20.8 Å². The van der Waals surface area contributed by atoms with E-state index in [1.54, 1.807) is 11.3 Å². The van der Waals surface area contributed by atoms with Gasteiger partial charge in [-0.2, -0.15) is 0 Å². The number of aryl methyl sites for hydroxylation is 1. The standard InChI is InChI=1S/C13H22N2O2S/c1-13(2,3)12-9(6-7-11(16)17)18-10(14-12)8-15(4)5/h6-8H2,1-5H3,(H,16,17). The number of carboxylic acid groups (broad SMARTS) is 1. The van der Waals surface area contributed by atoms with Crippen molar-refractivity contribution in [2.24, 2.45) is 0 Å². The molecule has 0 amide bonds. The van der Waals surface area contributed by atoms with Crippen molar-refractivity contribution < 1.29 is 9.90 Å². The van der Waals surface area contributed by atoms with Crippen LogP contribution in [0.5, 0.6) is 0 Å². The Morgan fingerprint density at radius 2 is 2.00 bits per heavy atom. The fourth-order valence-corrected chi connectivity index (χ4v) is 3.11. The maximum atomic E-state index is 10.7. The van der Waals surface area contributed by atoms with Crippen molar-refractivity contribution in [3.05, 3.63) is 15.6 Å². The molecule has 102 valence electrons. The first-order valence-electron chi connectivity index (χ1n) is 6.05. The van der Waals surface area contributed by atoms with Crippen molar-refractivity contribution in [3.8, 4) is 0 Å². The van der Waals surface area contributed by atoms with E-state index >= 15 is 0 Å². The van der Waals surface area contributed by atoms with Gasteiger partial charge in [0.25, 0.3) is 0 Å². The number of aromatic nitrogens is 1. The van der Waals surface area contributed by atoms with Gasteiger partial charge < -0.3 is 10.0 Å². The number of nitrogens with zero attached hydrogens (tertiary/aromatic N) is 2. The van der Waals surface area contributed by atoms with Crippen LogP contribution in [0.1, 0.15) is 42.8 Å². The number of aliphatic carboxylic acids is 1. The van der Waals surface area contributed by atoms with E-state index in [9.17, 15) is 4.79 Å². The maximum absolute atomic E-state index is 10.7. The summed E-state index contributed by atoms with van der Waals surface area (Å²) in [7, 11) is 4.02. The van der Waals surface area contributed by atoms with Crippen molar-refractivity contribution in [1.82, 2.24) is 9.88 Å². The van der Waals surface area contributed by atoms with Crippen molar-refractivity contribution in [2.45, 2.75) is 45.6 Å². The summed E-state index contributed by atoms with van der Waals surface area (Å²) in [5, 5.41) is 9.86. The molecule has 4 nitrogen and oxygen atoms in total. The number of hydrogen-bond donors (Lipinski definition) is 1. The van der Waals surface area contributed by atoms with Crippen LogP contribution < -0.4 is 0 Å². The molecule has 0 spiro atoms. The minimum absolute atomic E-state index is 0.0328. The molecule has 1 heterocycles. The number of carboxylic acids is 1. The lowest BCUT2D eigenvalue weighted by Gasteiger charge is -2.17. The monoisotopic (exact) mass is 270 g/mol. The number of hydrogen-bond acceptors (Lipinski definition) is 4. The number of thiazole rings is 1. The average molecular weight is 270 g/mol. The Bertz CT molecular complexity index is 419. The molecular weight excluding hydrogens is 248 g/mol. The van der Waals surface area contributed by atoms with Gasteiger partial charge in [0.05, 0.1) is 12.1 Å². The third-order valence-electron chi connectivity index (χ3n) is 2.47. The molecule has 0 saturated heterocycles. The summed E-state index contributed by atoms with van der Waals surface area (Å²) in [5.74, 6) is -0.752. The van der Waals surface area contributed by atoms with Crippen LogP contribution >= 0.6 is 11.3 Å². The van der Waals surface area contributed by atoms with Crippen LogP contribution in [0, 0.1) is 0 Å². The molecule has 0 aliphatic heterocycles. The van der Waals surface area contributed by atoms with Crippen molar-refractivity contribution in [2.75, 3.05) is 14.1 Å². The van der Waals surface area contributed by atoms with E-state index in [-0.39, 0.29) is 11.8 Å². The van der Waals surface area contributed by atoms with Crippen LogP contribution in [0.25, 0.3) is 0 Å². The van der Waals surface area contributed by atoms with E-state index in [0.29, 0.717) is 6.42 Å². The van der Waals surface area contributed by atoms with Gasteiger partial charge in [-0.15, -0.1) is 11.3 Å². The summed E-state index contributed by atoms with van der Waals surface area (Å²) >= 11 is 1.64. The summed E-state index contributed by atoms with van der Waals surface area (Å²) in [6, 6.07) is 0. The van der Waals surface area contributed by atoms with Crippen molar-refractivity contribution in [1.29, 1.82) is 0 Å². The maximum Gasteiger partial charge on any atom is 0.303 e. The second kappa shape index (κ2) is 5.80. The lowest BCUT2D eigenvalue weighted by molar-refractivity contribution is -0.136. The fraction of sp³-hybridized carbons (Fsp3) is 0.692. The topological polar surface area (TPSA) is 53.4 Å². The quantitative estimate of drug-likeness (QED) is 0.893. The second-order valence-electron chi connectivity index (χ2n) is 5.76. The van der Waals surface area contributed by atoms with Crippen molar-refractivity contribution >= 4 is 17.3 Å². The molecule has 0 aliphatic carbocycles. The van der Waals surface area contributed by atoms with Gasteiger partial charge in [0.1, 0.15) is 5.01 Å². The van der Waals surface area contributed by atoms with Gasteiger partial charge in [-0.3, -0.25) is 4.79 Å². The molecule has 0 unspecified atom stereocenters. The Morgan fingerprint density at radius 1 is 1.39 bits per heavy atom. The predicted octanol–water partition coefficient (Wildman–Crippen LogP) is 2.52. The zero-order valence-electron chi connectivity index (χ0n) is 11.8. The number of rotatable bonds is 5. The summed E-state index contributed by atoms with van der Waals surface area (Å²) in [6.45, 7) is 7.16. The highest BCUT2D eigenvalue weighted by atomic mass is 32.1. The van der Waals surface area contributed by atoms with E-state index in [0.717, 1.165) is 22.1 Å². The van der Waals surface area contributed by atoms with Gasteiger partial charge in [0.2, 0.25) is 0 Å². The largest absolute Gasteiger partial charge is 0.481 e. The van der Waals surface area contributed by atoms with Gasteiger partial charge >= 0.3 is 5.97 Å². The zero-order valence-corrected chi connectivity index (χ0v) is 12.6. The average Bonchev–Trinajstić information content (AvgIpc) is 2.56. The molecule has 0 fully saturated rings.